The molecule has 0 saturated carbocycles. The van der Waals surface area contributed by atoms with Crippen molar-refractivity contribution in [2.45, 2.75) is 26.2 Å². The van der Waals surface area contributed by atoms with Crippen molar-refractivity contribution in [2.24, 2.45) is 0 Å². The van der Waals surface area contributed by atoms with Gasteiger partial charge in [-0.15, -0.1) is 0 Å². The first-order chi connectivity index (χ1) is 12.4. The van der Waals surface area contributed by atoms with Gasteiger partial charge in [0.25, 0.3) is 5.91 Å². The van der Waals surface area contributed by atoms with Crippen molar-refractivity contribution in [3.05, 3.63) is 76.5 Å². The van der Waals surface area contributed by atoms with Crippen molar-refractivity contribution in [1.82, 2.24) is 4.90 Å². The second-order valence-electron chi connectivity index (χ2n) is 6.97. The van der Waals surface area contributed by atoms with Gasteiger partial charge in [-0.1, -0.05) is 62.1 Å². The summed E-state index contributed by atoms with van der Waals surface area (Å²) in [6.07, 6.45) is 10.3. The lowest BCUT2D eigenvalue weighted by Crippen LogP contribution is -2.27. The predicted octanol–water partition coefficient (Wildman–Crippen LogP) is 4.89. The summed E-state index contributed by atoms with van der Waals surface area (Å²) in [4.78, 5) is 16.9. The molecule has 1 amide bonds. The summed E-state index contributed by atoms with van der Waals surface area (Å²) in [5.41, 5.74) is 4.86. The number of nitrogens with zero attached hydrogens (tertiary/aromatic N) is 2. The molecule has 1 aromatic carbocycles. The summed E-state index contributed by atoms with van der Waals surface area (Å²) in [6.45, 7) is 7.06. The number of carbonyl (C=O) groups is 1. The number of thiocarbonyl (C=S) groups is 1. The molecule has 4 rings (SSSR count). The molecule has 0 N–H and O–H groups in total. The molecule has 0 unspecified atom stereocenters. The number of allylic oxidation sites excluding steroid dienone is 6. The molecule has 0 aliphatic carbocycles. The average molecular weight is 381 g/mol. The van der Waals surface area contributed by atoms with Crippen LogP contribution in [-0.2, 0) is 10.2 Å². The van der Waals surface area contributed by atoms with Gasteiger partial charge in [0, 0.05) is 29.5 Å². The average Bonchev–Trinajstić information content (AvgIpc) is 3.04. The van der Waals surface area contributed by atoms with Crippen LogP contribution in [0.1, 0.15) is 26.3 Å². The van der Waals surface area contributed by atoms with E-state index >= 15 is 0 Å². The zero-order valence-corrected chi connectivity index (χ0v) is 16.7. The highest BCUT2D eigenvalue weighted by atomic mass is 32.2. The Hall–Kier alpha value is -2.11. The highest BCUT2D eigenvalue weighted by Gasteiger charge is 2.40. The van der Waals surface area contributed by atoms with Crippen molar-refractivity contribution < 1.29 is 4.79 Å². The molecule has 0 spiro atoms. The topological polar surface area (TPSA) is 23.6 Å². The van der Waals surface area contributed by atoms with E-state index in [0.717, 1.165) is 5.57 Å². The van der Waals surface area contributed by atoms with Gasteiger partial charge in [0.1, 0.15) is 4.32 Å². The number of fused-ring (bicyclic) bond motifs is 3. The zero-order valence-electron chi connectivity index (χ0n) is 15.0. The minimum absolute atomic E-state index is 0.00187. The first kappa shape index (κ1) is 17.3. The van der Waals surface area contributed by atoms with Crippen molar-refractivity contribution in [2.75, 3.05) is 11.4 Å². The van der Waals surface area contributed by atoms with Crippen molar-refractivity contribution in [3.8, 4) is 0 Å². The van der Waals surface area contributed by atoms with E-state index in [1.165, 1.54) is 28.7 Å². The van der Waals surface area contributed by atoms with Crippen LogP contribution in [0, 0.1) is 0 Å². The van der Waals surface area contributed by atoms with Gasteiger partial charge in [-0.25, -0.2) is 0 Å². The largest absolute Gasteiger partial charge is 0.320 e. The lowest BCUT2D eigenvalue weighted by molar-refractivity contribution is -0.122. The van der Waals surface area contributed by atoms with Crippen LogP contribution in [0.2, 0.25) is 0 Å². The molecule has 0 atom stereocenters. The molecule has 1 saturated heterocycles. The number of thioether (sulfide) groups is 1. The fraction of sp³-hybridized carbons (Fsp3) is 0.238. The Labute approximate surface area is 163 Å². The molecule has 3 aliphatic rings. The van der Waals surface area contributed by atoms with Crippen LogP contribution in [0.4, 0.5) is 5.69 Å². The zero-order chi connectivity index (χ0) is 18.5. The van der Waals surface area contributed by atoms with Crippen LogP contribution in [0.15, 0.2) is 70.9 Å². The number of hydrogen-bond donors (Lipinski definition) is 0. The van der Waals surface area contributed by atoms with Crippen LogP contribution >= 0.6 is 24.0 Å². The van der Waals surface area contributed by atoms with Gasteiger partial charge in [0.15, 0.2) is 0 Å². The number of benzene rings is 1. The highest BCUT2D eigenvalue weighted by Crippen LogP contribution is 2.49. The molecule has 0 aromatic heterocycles. The van der Waals surface area contributed by atoms with Crippen molar-refractivity contribution in [3.63, 3.8) is 0 Å². The molecule has 26 heavy (non-hydrogen) atoms. The predicted molar refractivity (Wildman–Crippen MR) is 113 cm³/mol. The van der Waals surface area contributed by atoms with E-state index in [-0.39, 0.29) is 11.3 Å². The van der Waals surface area contributed by atoms with Gasteiger partial charge >= 0.3 is 0 Å². The first-order valence-corrected chi connectivity index (χ1v) is 9.90. The molecule has 5 heteroatoms. The van der Waals surface area contributed by atoms with Crippen molar-refractivity contribution in [1.29, 1.82) is 0 Å². The Morgan fingerprint density at radius 3 is 2.73 bits per heavy atom. The lowest BCUT2D eigenvalue weighted by atomic mass is 9.83. The number of carbonyl (C=O) groups excluding carboxylic acids is 1. The van der Waals surface area contributed by atoms with Gasteiger partial charge in [-0.3, -0.25) is 9.69 Å². The van der Waals surface area contributed by atoms with Crippen molar-refractivity contribution >= 4 is 39.9 Å². The smallest absolute Gasteiger partial charge is 0.266 e. The quantitative estimate of drug-likeness (QED) is 0.539. The van der Waals surface area contributed by atoms with Gasteiger partial charge in [0.05, 0.1) is 4.91 Å². The maximum Gasteiger partial charge on any atom is 0.266 e. The second-order valence-corrected chi connectivity index (χ2v) is 8.65. The van der Waals surface area contributed by atoms with Gasteiger partial charge in [0.2, 0.25) is 0 Å². The Balaban J connectivity index is 1.67. The summed E-state index contributed by atoms with van der Waals surface area (Å²) >= 11 is 6.64. The molecule has 3 heterocycles. The summed E-state index contributed by atoms with van der Waals surface area (Å²) in [6, 6.07) is 8.53. The third-order valence-electron chi connectivity index (χ3n) is 5.07. The minimum atomic E-state index is -0.0495. The van der Waals surface area contributed by atoms with Crippen LogP contribution in [0.3, 0.4) is 0 Å². The van der Waals surface area contributed by atoms with Crippen LogP contribution < -0.4 is 4.90 Å². The Kier molecular flexibility index (Phi) is 4.16. The highest BCUT2D eigenvalue weighted by molar-refractivity contribution is 8.26. The SMILES string of the molecule is CCN1C(=O)/C(=C\C=C2\C=CN3C(=C2)C(C)(C)c2ccccc23)SC1=S. The van der Waals surface area contributed by atoms with E-state index in [2.05, 4.69) is 61.4 Å². The number of rotatable bonds is 2. The minimum Gasteiger partial charge on any atom is -0.320 e. The number of hydrogen-bond acceptors (Lipinski definition) is 4. The molecular formula is C21H20N2OS2. The molecule has 0 radical (unpaired) electrons. The fourth-order valence-electron chi connectivity index (χ4n) is 3.62. The van der Waals surface area contributed by atoms with Crippen LogP contribution in [-0.4, -0.2) is 21.7 Å². The fourth-order valence-corrected chi connectivity index (χ4v) is 4.95. The monoisotopic (exact) mass is 380 g/mol. The summed E-state index contributed by atoms with van der Waals surface area (Å²) in [5.74, 6) is 0.00187. The van der Waals surface area contributed by atoms with E-state index in [1.54, 1.807) is 4.90 Å². The number of likely N-dealkylation sites (N-methyl/N-ethyl adjacent to an activating group) is 1. The Morgan fingerprint density at radius 1 is 1.23 bits per heavy atom. The van der Waals surface area contributed by atoms with E-state index in [0.29, 0.717) is 15.8 Å². The van der Waals surface area contributed by atoms with E-state index in [9.17, 15) is 4.79 Å². The Bertz CT molecular complexity index is 937. The molecule has 3 aliphatic heterocycles. The van der Waals surface area contributed by atoms with Gasteiger partial charge < -0.3 is 4.90 Å². The second kappa shape index (κ2) is 6.25. The summed E-state index contributed by atoms with van der Waals surface area (Å²) < 4.78 is 0.637. The molecule has 0 bridgehead atoms. The lowest BCUT2D eigenvalue weighted by Gasteiger charge is -2.27. The van der Waals surface area contributed by atoms with Crippen LogP contribution in [0.5, 0.6) is 0 Å². The van der Waals surface area contributed by atoms with E-state index in [4.69, 9.17) is 12.2 Å². The molecule has 1 fully saturated rings. The summed E-state index contributed by atoms with van der Waals surface area (Å²) in [5, 5.41) is 0. The summed E-state index contributed by atoms with van der Waals surface area (Å²) in [7, 11) is 0. The molecule has 1 aromatic rings. The Morgan fingerprint density at radius 2 is 2.00 bits per heavy atom. The molecule has 3 nitrogen and oxygen atoms in total. The van der Waals surface area contributed by atoms with Gasteiger partial charge in [-0.05, 0) is 42.4 Å². The number of anilines is 1. The maximum absolute atomic E-state index is 12.3. The maximum atomic E-state index is 12.3. The third kappa shape index (κ3) is 2.58. The standard InChI is InChI=1S/C21H20N2OS2/c1-4-22-19(24)17(26-20(22)25)10-9-14-11-12-23-16-8-6-5-7-15(16)21(2,3)18(23)13-14/h5-13H,4H2,1-3H3/b14-9-,17-10+. The van der Waals surface area contributed by atoms with Crippen LogP contribution in [0.25, 0.3) is 0 Å². The first-order valence-electron chi connectivity index (χ1n) is 8.68. The molecule has 132 valence electrons. The number of para-hydroxylation sites is 1. The normalized spacial score (nSPS) is 23.7. The third-order valence-corrected chi connectivity index (χ3v) is 6.47. The molecular weight excluding hydrogens is 360 g/mol. The van der Waals surface area contributed by atoms with Gasteiger partial charge in [-0.2, -0.15) is 0 Å². The van der Waals surface area contributed by atoms with E-state index < -0.39 is 0 Å². The number of amides is 1. The van der Waals surface area contributed by atoms with E-state index in [1.807, 2.05) is 19.1 Å².